The van der Waals surface area contributed by atoms with Gasteiger partial charge in [-0.15, -0.1) is 0 Å². The number of primary amides is 1. The fourth-order valence-corrected chi connectivity index (χ4v) is 3.21. The predicted molar refractivity (Wildman–Crippen MR) is 99.3 cm³/mol. The minimum atomic E-state index is -0.671. The van der Waals surface area contributed by atoms with Crippen LogP contribution in [0.5, 0.6) is 0 Å². The van der Waals surface area contributed by atoms with E-state index in [9.17, 15) is 9.90 Å². The minimum absolute atomic E-state index is 0.471. The first-order valence-electron chi connectivity index (χ1n) is 8.46. The number of aromatic amines is 1. The van der Waals surface area contributed by atoms with Crippen molar-refractivity contribution >= 4 is 28.7 Å². The molecule has 0 unspecified atom stereocenters. The number of β-amino-alcohol motifs (C(OH)–C–C–N with tert-alkyl or cyclic N) is 1. The largest absolute Gasteiger partial charge is 0.389 e. The zero-order valence-corrected chi connectivity index (χ0v) is 14.7. The van der Waals surface area contributed by atoms with E-state index in [2.05, 4.69) is 25.8 Å². The van der Waals surface area contributed by atoms with Crippen LogP contribution >= 0.6 is 0 Å². The molecule has 3 heterocycles. The van der Waals surface area contributed by atoms with Gasteiger partial charge in [0.25, 0.3) is 0 Å². The third-order valence-corrected chi connectivity index (χ3v) is 4.32. The minimum Gasteiger partial charge on any atom is -0.389 e. The number of nitrogens with one attached hydrogen (secondary N) is 1. The highest BCUT2D eigenvalue weighted by atomic mass is 16.3. The lowest BCUT2D eigenvalue weighted by Gasteiger charge is -2.38. The number of H-pyrrole nitrogens is 1. The van der Waals surface area contributed by atoms with Crippen LogP contribution in [0, 0.1) is 0 Å². The van der Waals surface area contributed by atoms with Crippen molar-refractivity contribution < 1.29 is 9.90 Å². The molecule has 1 saturated heterocycles. The molecule has 134 valence electrons. The summed E-state index contributed by atoms with van der Waals surface area (Å²) in [6.07, 6.45) is 6.74. The van der Waals surface area contributed by atoms with Gasteiger partial charge in [-0.2, -0.15) is 0 Å². The molecule has 0 aliphatic carbocycles. The van der Waals surface area contributed by atoms with Gasteiger partial charge in [0.05, 0.1) is 17.5 Å². The lowest BCUT2D eigenvalue weighted by molar-refractivity contribution is -0.113. The smallest absolute Gasteiger partial charge is 0.241 e. The van der Waals surface area contributed by atoms with Gasteiger partial charge in [-0.1, -0.05) is 0 Å². The average molecular weight is 343 g/mol. The number of aromatic nitrogens is 2. The summed E-state index contributed by atoms with van der Waals surface area (Å²) in [4.78, 5) is 23.1. The molecule has 0 bridgehead atoms. The lowest BCUT2D eigenvalue weighted by Crippen LogP contribution is -2.50. The van der Waals surface area contributed by atoms with Crippen LogP contribution in [-0.4, -0.2) is 64.2 Å². The van der Waals surface area contributed by atoms with Crippen LogP contribution in [0.4, 0.5) is 5.69 Å². The number of rotatable bonds is 5. The molecule has 25 heavy (non-hydrogen) atoms. The van der Waals surface area contributed by atoms with Gasteiger partial charge in [0.15, 0.2) is 0 Å². The van der Waals surface area contributed by atoms with E-state index in [1.807, 2.05) is 26.2 Å². The second-order valence-electron chi connectivity index (χ2n) is 7.15. The first kappa shape index (κ1) is 17.4. The highest BCUT2D eigenvalue weighted by Crippen LogP contribution is 2.24. The summed E-state index contributed by atoms with van der Waals surface area (Å²) < 4.78 is 0. The summed E-state index contributed by atoms with van der Waals surface area (Å²) in [6.45, 7) is 7.94. The summed E-state index contributed by atoms with van der Waals surface area (Å²) in [5.74, 6) is -0.471. The molecule has 2 aromatic heterocycles. The molecule has 7 nitrogen and oxygen atoms in total. The standard InChI is InChI=1S/C18H25N5O2/c1-18(2,25)12-22-5-7-23(8-6-22)14-9-15-13(3-4-16(19)24)10-20-17(15)21-11-14/h3-4,9-11,25H,5-8,12H2,1-2H3,(H2,19,24)(H,20,21)/b4-3+. The number of fused-ring (bicyclic) bond motifs is 1. The van der Waals surface area contributed by atoms with Gasteiger partial charge >= 0.3 is 0 Å². The Kier molecular flexibility index (Phi) is 4.78. The SMILES string of the molecule is CC(C)(O)CN1CCN(c2cnc3[nH]cc(/C=C/C(N)=O)c3c2)CC1. The lowest BCUT2D eigenvalue weighted by atomic mass is 10.1. The summed E-state index contributed by atoms with van der Waals surface area (Å²) in [6, 6.07) is 2.09. The molecule has 0 spiro atoms. The van der Waals surface area contributed by atoms with Gasteiger partial charge in [0.2, 0.25) is 5.91 Å². The molecule has 1 aliphatic heterocycles. The van der Waals surface area contributed by atoms with Crippen LogP contribution < -0.4 is 10.6 Å². The Labute approximate surface area is 147 Å². The number of carbonyl (C=O) groups is 1. The molecule has 1 amide bonds. The summed E-state index contributed by atoms with van der Waals surface area (Å²) in [7, 11) is 0. The Morgan fingerprint density at radius 1 is 1.40 bits per heavy atom. The Morgan fingerprint density at radius 3 is 2.76 bits per heavy atom. The van der Waals surface area contributed by atoms with Gasteiger partial charge in [-0.25, -0.2) is 4.98 Å². The van der Waals surface area contributed by atoms with Crippen molar-refractivity contribution in [1.82, 2.24) is 14.9 Å². The summed E-state index contributed by atoms with van der Waals surface area (Å²) in [5, 5.41) is 10.9. The Hall–Kier alpha value is -2.38. The molecule has 0 atom stereocenters. The maximum Gasteiger partial charge on any atom is 0.241 e. The Balaban J connectivity index is 1.74. The number of aliphatic hydroxyl groups is 1. The van der Waals surface area contributed by atoms with E-state index in [0.29, 0.717) is 6.54 Å². The second-order valence-corrected chi connectivity index (χ2v) is 7.15. The molecule has 3 rings (SSSR count). The normalized spacial score (nSPS) is 16.8. The molecule has 0 saturated carbocycles. The van der Waals surface area contributed by atoms with Crippen molar-refractivity contribution in [1.29, 1.82) is 0 Å². The highest BCUT2D eigenvalue weighted by Gasteiger charge is 2.23. The van der Waals surface area contributed by atoms with E-state index in [-0.39, 0.29) is 0 Å². The van der Waals surface area contributed by atoms with Crippen LogP contribution in [0.1, 0.15) is 19.4 Å². The van der Waals surface area contributed by atoms with Crippen LogP contribution in [0.25, 0.3) is 17.1 Å². The number of hydrogen-bond acceptors (Lipinski definition) is 5. The first-order chi connectivity index (χ1) is 11.8. The van der Waals surface area contributed by atoms with Crippen molar-refractivity contribution in [3.05, 3.63) is 30.1 Å². The number of nitrogens with two attached hydrogens (primary N) is 1. The van der Waals surface area contributed by atoms with Crippen molar-refractivity contribution in [2.75, 3.05) is 37.6 Å². The number of hydrogen-bond donors (Lipinski definition) is 3. The quantitative estimate of drug-likeness (QED) is 0.702. The Morgan fingerprint density at radius 2 is 2.12 bits per heavy atom. The van der Waals surface area contributed by atoms with Gasteiger partial charge in [0.1, 0.15) is 5.65 Å². The summed E-state index contributed by atoms with van der Waals surface area (Å²) >= 11 is 0. The van der Waals surface area contributed by atoms with Gasteiger partial charge in [0, 0.05) is 55.9 Å². The molecule has 0 aromatic carbocycles. The number of piperazine rings is 1. The topological polar surface area (TPSA) is 98.5 Å². The number of nitrogens with zero attached hydrogens (tertiary/aromatic N) is 3. The molecule has 0 radical (unpaired) electrons. The average Bonchev–Trinajstić information content (AvgIpc) is 2.94. The van der Waals surface area contributed by atoms with Gasteiger partial charge < -0.3 is 20.7 Å². The molecule has 2 aromatic rings. The Bertz CT molecular complexity index is 782. The van der Waals surface area contributed by atoms with Crippen LogP contribution in [0.15, 0.2) is 24.5 Å². The zero-order valence-electron chi connectivity index (χ0n) is 14.7. The van der Waals surface area contributed by atoms with Gasteiger partial charge in [-0.05, 0) is 26.0 Å². The number of pyridine rings is 1. The second kappa shape index (κ2) is 6.85. The molecule has 1 fully saturated rings. The van der Waals surface area contributed by atoms with Crippen LogP contribution in [0.2, 0.25) is 0 Å². The van der Waals surface area contributed by atoms with Gasteiger partial charge in [-0.3, -0.25) is 9.69 Å². The number of anilines is 1. The number of amides is 1. The van der Waals surface area contributed by atoms with E-state index in [0.717, 1.165) is 48.5 Å². The molecule has 1 aliphatic rings. The molecule has 4 N–H and O–H groups in total. The monoisotopic (exact) mass is 343 g/mol. The maximum atomic E-state index is 11.0. The maximum absolute atomic E-state index is 11.0. The first-order valence-corrected chi connectivity index (χ1v) is 8.46. The van der Waals surface area contributed by atoms with E-state index in [1.54, 1.807) is 6.08 Å². The molecular weight excluding hydrogens is 318 g/mol. The van der Waals surface area contributed by atoms with E-state index in [1.165, 1.54) is 6.08 Å². The van der Waals surface area contributed by atoms with Crippen LogP contribution in [-0.2, 0) is 4.79 Å². The van der Waals surface area contributed by atoms with Crippen molar-refractivity contribution in [3.8, 4) is 0 Å². The van der Waals surface area contributed by atoms with E-state index < -0.39 is 11.5 Å². The van der Waals surface area contributed by atoms with Crippen molar-refractivity contribution in [3.63, 3.8) is 0 Å². The molecule has 7 heteroatoms. The van der Waals surface area contributed by atoms with E-state index >= 15 is 0 Å². The highest BCUT2D eigenvalue weighted by molar-refractivity contribution is 5.95. The van der Waals surface area contributed by atoms with E-state index in [4.69, 9.17) is 5.73 Å². The molecular formula is C18H25N5O2. The predicted octanol–water partition coefficient (Wildman–Crippen LogP) is 0.954. The number of carbonyl (C=O) groups excluding carboxylic acids is 1. The van der Waals surface area contributed by atoms with Crippen molar-refractivity contribution in [2.45, 2.75) is 19.4 Å². The van der Waals surface area contributed by atoms with Crippen LogP contribution in [0.3, 0.4) is 0 Å². The van der Waals surface area contributed by atoms with Crippen molar-refractivity contribution in [2.24, 2.45) is 5.73 Å². The third kappa shape index (κ3) is 4.37. The third-order valence-electron chi connectivity index (χ3n) is 4.32. The fourth-order valence-electron chi connectivity index (χ4n) is 3.21. The zero-order chi connectivity index (χ0) is 18.0. The summed E-state index contributed by atoms with van der Waals surface area (Å²) in [5.41, 5.74) is 7.24. The fraction of sp³-hybridized carbons (Fsp3) is 0.444.